The van der Waals surface area contributed by atoms with Gasteiger partial charge in [-0.25, -0.2) is 9.59 Å². The van der Waals surface area contributed by atoms with E-state index in [-0.39, 0.29) is 12.4 Å². The smallest absolute Gasteiger partial charge is 0.349 e. The Morgan fingerprint density at radius 3 is 2.58 bits per heavy atom. The van der Waals surface area contributed by atoms with E-state index < -0.39 is 11.9 Å². The Labute approximate surface area is 168 Å². The van der Waals surface area contributed by atoms with Gasteiger partial charge in [-0.15, -0.1) is 0 Å². The number of esters is 2. The number of carbonyl (C=O) groups is 2. The molecule has 0 spiro atoms. The number of hydrogen-bond donors (Lipinski definition) is 0. The van der Waals surface area contributed by atoms with Crippen molar-refractivity contribution in [1.82, 2.24) is 0 Å². The maximum atomic E-state index is 12.0. The Bertz CT molecular complexity index is 781. The summed E-state index contributed by atoms with van der Waals surface area (Å²) in [5.74, 6) is -0.188. The van der Waals surface area contributed by atoms with Crippen LogP contribution >= 0.6 is 31.9 Å². The molecular formula is C19H18Br2O5. The van der Waals surface area contributed by atoms with Gasteiger partial charge in [0.2, 0.25) is 0 Å². The van der Waals surface area contributed by atoms with Crippen LogP contribution in [0.25, 0.3) is 0 Å². The first-order chi connectivity index (χ1) is 12.4. The van der Waals surface area contributed by atoms with Gasteiger partial charge in [-0.3, -0.25) is 0 Å². The van der Waals surface area contributed by atoms with Crippen LogP contribution in [0.15, 0.2) is 45.3 Å². The first kappa shape index (κ1) is 20.5. The second-order valence-electron chi connectivity index (χ2n) is 5.46. The fourth-order valence-electron chi connectivity index (χ4n) is 2.13. The molecule has 7 heteroatoms. The summed E-state index contributed by atoms with van der Waals surface area (Å²) in [4.78, 5) is 23.9. The lowest BCUT2D eigenvalue weighted by Crippen LogP contribution is -2.18. The molecule has 26 heavy (non-hydrogen) atoms. The van der Waals surface area contributed by atoms with Crippen molar-refractivity contribution in [2.75, 3.05) is 13.2 Å². The van der Waals surface area contributed by atoms with Crippen molar-refractivity contribution in [1.29, 1.82) is 0 Å². The van der Waals surface area contributed by atoms with Crippen LogP contribution in [0, 0.1) is 6.92 Å². The minimum Gasteiger partial charge on any atom is -0.480 e. The second kappa shape index (κ2) is 9.73. The lowest BCUT2D eigenvalue weighted by Gasteiger charge is -2.11. The average molecular weight is 486 g/mol. The van der Waals surface area contributed by atoms with Gasteiger partial charge >= 0.3 is 11.9 Å². The first-order valence-corrected chi connectivity index (χ1v) is 9.55. The number of hydrogen-bond acceptors (Lipinski definition) is 5. The molecule has 0 aromatic heterocycles. The first-order valence-electron chi connectivity index (χ1n) is 7.97. The molecule has 0 amide bonds. The number of halogens is 2. The fourth-order valence-corrected chi connectivity index (χ4v) is 3.68. The summed E-state index contributed by atoms with van der Waals surface area (Å²) >= 11 is 6.79. The van der Waals surface area contributed by atoms with Crippen LogP contribution in [0.5, 0.6) is 11.5 Å². The van der Waals surface area contributed by atoms with Crippen molar-refractivity contribution in [3.05, 3.63) is 56.5 Å². The van der Waals surface area contributed by atoms with Crippen LogP contribution in [0.2, 0.25) is 0 Å². The molecule has 0 unspecified atom stereocenters. The summed E-state index contributed by atoms with van der Waals surface area (Å²) in [5, 5.41) is 0. The van der Waals surface area contributed by atoms with E-state index in [4.69, 9.17) is 14.2 Å². The summed E-state index contributed by atoms with van der Waals surface area (Å²) in [7, 11) is 0. The molecule has 5 nitrogen and oxygen atoms in total. The van der Waals surface area contributed by atoms with E-state index >= 15 is 0 Å². The third kappa shape index (κ3) is 5.85. The molecule has 0 saturated heterocycles. The van der Waals surface area contributed by atoms with E-state index in [0.717, 1.165) is 20.9 Å². The molecule has 0 aliphatic rings. The van der Waals surface area contributed by atoms with Gasteiger partial charge < -0.3 is 14.2 Å². The van der Waals surface area contributed by atoms with Gasteiger partial charge in [0.15, 0.2) is 6.61 Å². The van der Waals surface area contributed by atoms with Crippen LogP contribution in [-0.4, -0.2) is 25.2 Å². The van der Waals surface area contributed by atoms with E-state index in [1.807, 2.05) is 26.0 Å². The topological polar surface area (TPSA) is 61.8 Å². The van der Waals surface area contributed by atoms with Crippen molar-refractivity contribution in [2.45, 2.75) is 20.3 Å². The van der Waals surface area contributed by atoms with Crippen molar-refractivity contribution in [3.8, 4) is 11.5 Å². The number of carbonyl (C=O) groups excluding carboxylic acids is 2. The molecule has 138 valence electrons. The molecule has 0 radical (unpaired) electrons. The summed E-state index contributed by atoms with van der Waals surface area (Å²) in [6.45, 7) is 3.88. The molecule has 0 saturated carbocycles. The van der Waals surface area contributed by atoms with Crippen LogP contribution in [0.1, 0.15) is 29.3 Å². The number of benzene rings is 2. The SMILES string of the molecule is CCCOC(=O)c1cccc(OC(=O)COc2c(C)cc(Br)cc2Br)c1. The Hall–Kier alpha value is -1.86. The van der Waals surface area contributed by atoms with Gasteiger partial charge in [-0.05, 0) is 65.2 Å². The Balaban J connectivity index is 1.97. The maximum Gasteiger partial charge on any atom is 0.349 e. The van der Waals surface area contributed by atoms with E-state index in [2.05, 4.69) is 31.9 Å². The van der Waals surface area contributed by atoms with E-state index in [1.165, 1.54) is 6.07 Å². The van der Waals surface area contributed by atoms with Gasteiger partial charge in [0.25, 0.3) is 0 Å². The highest BCUT2D eigenvalue weighted by Gasteiger charge is 2.13. The Morgan fingerprint density at radius 2 is 1.88 bits per heavy atom. The highest BCUT2D eigenvalue weighted by atomic mass is 79.9. The Morgan fingerprint density at radius 1 is 1.12 bits per heavy atom. The van der Waals surface area contributed by atoms with Crippen LogP contribution in [-0.2, 0) is 9.53 Å². The molecule has 2 rings (SSSR count). The number of ether oxygens (including phenoxy) is 3. The number of rotatable bonds is 7. The summed E-state index contributed by atoms with van der Waals surface area (Å²) in [5.41, 5.74) is 1.20. The molecule has 0 aliphatic carbocycles. The number of aryl methyl sites for hydroxylation is 1. The zero-order valence-electron chi connectivity index (χ0n) is 14.4. The lowest BCUT2D eigenvalue weighted by atomic mass is 10.2. The van der Waals surface area contributed by atoms with E-state index in [0.29, 0.717) is 17.9 Å². The quantitative estimate of drug-likeness (QED) is 0.404. The van der Waals surface area contributed by atoms with Gasteiger partial charge in [0, 0.05) is 4.47 Å². The third-order valence-electron chi connectivity index (χ3n) is 3.27. The molecule has 0 N–H and O–H groups in total. The molecule has 0 aliphatic heterocycles. The monoisotopic (exact) mass is 484 g/mol. The van der Waals surface area contributed by atoms with Gasteiger partial charge in [-0.2, -0.15) is 0 Å². The predicted molar refractivity (Wildman–Crippen MR) is 105 cm³/mol. The molecule has 0 heterocycles. The minimum atomic E-state index is -0.571. The molecule has 0 fully saturated rings. The summed E-state index contributed by atoms with van der Waals surface area (Å²) in [6, 6.07) is 10.0. The minimum absolute atomic E-state index is 0.258. The lowest BCUT2D eigenvalue weighted by molar-refractivity contribution is -0.136. The van der Waals surface area contributed by atoms with E-state index in [1.54, 1.807) is 18.2 Å². The molecule has 2 aromatic rings. The van der Waals surface area contributed by atoms with Crippen molar-refractivity contribution < 1.29 is 23.8 Å². The van der Waals surface area contributed by atoms with Crippen molar-refractivity contribution >= 4 is 43.8 Å². The highest BCUT2D eigenvalue weighted by molar-refractivity contribution is 9.11. The van der Waals surface area contributed by atoms with Gasteiger partial charge in [0.1, 0.15) is 11.5 Å². The zero-order valence-corrected chi connectivity index (χ0v) is 17.6. The van der Waals surface area contributed by atoms with Crippen molar-refractivity contribution in [2.24, 2.45) is 0 Å². The fraction of sp³-hybridized carbons (Fsp3) is 0.263. The highest BCUT2D eigenvalue weighted by Crippen LogP contribution is 2.32. The molecular weight excluding hydrogens is 468 g/mol. The average Bonchev–Trinajstić information content (AvgIpc) is 2.59. The van der Waals surface area contributed by atoms with Crippen LogP contribution in [0.3, 0.4) is 0 Å². The zero-order chi connectivity index (χ0) is 19.1. The third-order valence-corrected chi connectivity index (χ3v) is 4.31. The maximum absolute atomic E-state index is 12.0. The molecule has 0 bridgehead atoms. The van der Waals surface area contributed by atoms with Gasteiger partial charge in [-0.1, -0.05) is 28.9 Å². The predicted octanol–water partition coefficient (Wildman–Crippen LogP) is 5.07. The van der Waals surface area contributed by atoms with Crippen molar-refractivity contribution in [3.63, 3.8) is 0 Å². The second-order valence-corrected chi connectivity index (χ2v) is 7.23. The van der Waals surface area contributed by atoms with E-state index in [9.17, 15) is 9.59 Å². The summed E-state index contributed by atoms with van der Waals surface area (Å²) < 4.78 is 17.5. The standard InChI is InChI=1S/C19H18Br2O5/c1-3-7-24-19(23)13-5-4-6-15(9-13)26-17(22)11-25-18-12(2)8-14(20)10-16(18)21/h4-6,8-10H,3,7,11H2,1-2H3. The molecule has 0 atom stereocenters. The summed E-state index contributed by atoms with van der Waals surface area (Å²) in [6.07, 6.45) is 0.739. The van der Waals surface area contributed by atoms with Crippen LogP contribution in [0.4, 0.5) is 0 Å². The Kier molecular flexibility index (Phi) is 7.66. The molecule has 2 aromatic carbocycles. The largest absolute Gasteiger partial charge is 0.480 e. The van der Waals surface area contributed by atoms with Gasteiger partial charge in [0.05, 0.1) is 16.6 Å². The normalized spacial score (nSPS) is 10.3. The van der Waals surface area contributed by atoms with Crippen LogP contribution < -0.4 is 9.47 Å².